The normalized spacial score (nSPS) is 17.3. The van der Waals surface area contributed by atoms with Crippen LogP contribution in [0.1, 0.15) is 12.8 Å². The number of anilines is 1. The van der Waals surface area contributed by atoms with Crippen molar-refractivity contribution in [1.29, 1.82) is 0 Å². The van der Waals surface area contributed by atoms with E-state index in [0.717, 1.165) is 32.1 Å². The lowest BCUT2D eigenvalue weighted by Crippen LogP contribution is -2.43. The molecule has 0 bridgehead atoms. The number of thiophene rings is 1. The highest BCUT2D eigenvalue weighted by Gasteiger charge is 2.34. The number of fused-ring (bicyclic) bond motifs is 1. The number of carbonyl (C=O) groups is 1. The van der Waals surface area contributed by atoms with Gasteiger partial charge in [-0.3, -0.25) is 4.79 Å². The van der Waals surface area contributed by atoms with Crippen LogP contribution in [0.15, 0.2) is 64.9 Å². The Bertz CT molecular complexity index is 1380. The van der Waals surface area contributed by atoms with Crippen LogP contribution < -0.4 is 5.32 Å². The minimum atomic E-state index is -3.65. The van der Waals surface area contributed by atoms with Crippen LogP contribution in [0.3, 0.4) is 0 Å². The van der Waals surface area contributed by atoms with Gasteiger partial charge in [0.25, 0.3) is 10.0 Å². The van der Waals surface area contributed by atoms with E-state index in [1.54, 1.807) is 17.4 Å². The first kappa shape index (κ1) is 22.5. The molecule has 0 spiro atoms. The number of halogens is 1. The molecular formula is C23H20ClN3O3S3. The Balaban J connectivity index is 1.26. The van der Waals surface area contributed by atoms with Gasteiger partial charge in [0.15, 0.2) is 0 Å². The van der Waals surface area contributed by atoms with Crippen LogP contribution in [0.2, 0.25) is 4.34 Å². The van der Waals surface area contributed by atoms with Crippen LogP contribution in [0.4, 0.5) is 5.69 Å². The molecule has 0 saturated carbocycles. The topological polar surface area (TPSA) is 79.4 Å². The molecule has 0 aliphatic carbocycles. The van der Waals surface area contributed by atoms with E-state index in [1.165, 1.54) is 10.4 Å². The molecule has 5 rings (SSSR count). The fourth-order valence-corrected chi connectivity index (χ4v) is 8.01. The average Bonchev–Trinajstić information content (AvgIpc) is 3.46. The Labute approximate surface area is 204 Å². The summed E-state index contributed by atoms with van der Waals surface area (Å²) in [5.41, 5.74) is 2.63. The lowest BCUT2D eigenvalue weighted by Gasteiger charge is -2.30. The van der Waals surface area contributed by atoms with Gasteiger partial charge in [-0.2, -0.15) is 4.31 Å². The Morgan fingerprint density at radius 3 is 2.58 bits per heavy atom. The number of para-hydroxylation sites is 1. The Morgan fingerprint density at radius 2 is 1.85 bits per heavy atom. The van der Waals surface area contributed by atoms with Crippen LogP contribution >= 0.6 is 34.3 Å². The summed E-state index contributed by atoms with van der Waals surface area (Å²) in [7, 11) is -3.65. The minimum absolute atomic E-state index is 0.160. The number of carbonyl (C=O) groups excluding carboxylic acids is 1. The van der Waals surface area contributed by atoms with Gasteiger partial charge in [-0.25, -0.2) is 13.4 Å². The maximum absolute atomic E-state index is 12.9. The van der Waals surface area contributed by atoms with Gasteiger partial charge in [0.1, 0.15) is 9.22 Å². The molecular weight excluding hydrogens is 498 g/mol. The van der Waals surface area contributed by atoms with E-state index >= 15 is 0 Å². The van der Waals surface area contributed by atoms with Crippen molar-refractivity contribution in [2.75, 3.05) is 18.4 Å². The summed E-state index contributed by atoms with van der Waals surface area (Å²) in [4.78, 5) is 17.6. The van der Waals surface area contributed by atoms with Gasteiger partial charge in [-0.05, 0) is 61.4 Å². The van der Waals surface area contributed by atoms with E-state index in [-0.39, 0.29) is 16.7 Å². The second-order valence-electron chi connectivity index (χ2n) is 7.81. The summed E-state index contributed by atoms with van der Waals surface area (Å²) < 4.78 is 29.0. The molecule has 6 nitrogen and oxygen atoms in total. The number of benzene rings is 2. The number of rotatable bonds is 5. The number of hydrogen-bond acceptors (Lipinski definition) is 6. The van der Waals surface area contributed by atoms with Crippen molar-refractivity contribution in [3.63, 3.8) is 0 Å². The highest BCUT2D eigenvalue weighted by atomic mass is 35.5. The van der Waals surface area contributed by atoms with Gasteiger partial charge in [0, 0.05) is 24.3 Å². The van der Waals surface area contributed by atoms with E-state index in [0.29, 0.717) is 29.4 Å². The quantitative estimate of drug-likeness (QED) is 0.367. The van der Waals surface area contributed by atoms with Crippen LogP contribution in [0.25, 0.3) is 20.8 Å². The van der Waals surface area contributed by atoms with Crippen molar-refractivity contribution < 1.29 is 13.2 Å². The molecule has 2 aromatic carbocycles. The number of thiazole rings is 1. The summed E-state index contributed by atoms with van der Waals surface area (Å²) >= 11 is 8.57. The van der Waals surface area contributed by atoms with Crippen molar-refractivity contribution in [2.24, 2.45) is 5.92 Å². The maximum atomic E-state index is 12.9. The summed E-state index contributed by atoms with van der Waals surface area (Å²) in [6.45, 7) is 0.561. The van der Waals surface area contributed by atoms with E-state index in [9.17, 15) is 13.2 Å². The van der Waals surface area contributed by atoms with Crippen molar-refractivity contribution in [3.05, 3.63) is 65.0 Å². The number of nitrogens with one attached hydrogen (secondary N) is 1. The SMILES string of the molecule is O=C(Nc1ccc(-c2nc3ccccc3s2)cc1)C1CCCN(S(=O)(=O)c2ccc(Cl)s2)C1. The van der Waals surface area contributed by atoms with Crippen LogP contribution in [0.5, 0.6) is 0 Å². The Morgan fingerprint density at radius 1 is 1.06 bits per heavy atom. The molecule has 1 atom stereocenters. The Kier molecular flexibility index (Phi) is 6.24. The zero-order valence-corrected chi connectivity index (χ0v) is 20.6. The van der Waals surface area contributed by atoms with E-state index in [2.05, 4.69) is 10.3 Å². The van der Waals surface area contributed by atoms with E-state index in [1.807, 2.05) is 48.5 Å². The number of aromatic nitrogens is 1. The molecule has 3 heterocycles. The molecule has 1 aliphatic rings. The lowest BCUT2D eigenvalue weighted by molar-refractivity contribution is -0.120. The van der Waals surface area contributed by atoms with Crippen LogP contribution in [0, 0.1) is 5.92 Å². The average molecular weight is 518 g/mol. The summed E-state index contributed by atoms with van der Waals surface area (Å²) in [6, 6.07) is 18.7. The van der Waals surface area contributed by atoms with Gasteiger partial charge in [0.05, 0.1) is 20.5 Å². The third-order valence-electron chi connectivity index (χ3n) is 5.59. The number of piperidine rings is 1. The van der Waals surface area contributed by atoms with Crippen molar-refractivity contribution in [3.8, 4) is 10.6 Å². The number of nitrogens with zero attached hydrogens (tertiary/aromatic N) is 2. The first-order valence-electron chi connectivity index (χ1n) is 10.4. The predicted molar refractivity (Wildman–Crippen MR) is 134 cm³/mol. The highest BCUT2D eigenvalue weighted by Crippen LogP contribution is 2.32. The lowest BCUT2D eigenvalue weighted by atomic mass is 9.98. The maximum Gasteiger partial charge on any atom is 0.252 e. The molecule has 4 aromatic rings. The largest absolute Gasteiger partial charge is 0.326 e. The minimum Gasteiger partial charge on any atom is -0.326 e. The second-order valence-corrected chi connectivity index (χ2v) is 12.7. The van der Waals surface area contributed by atoms with Gasteiger partial charge in [0.2, 0.25) is 5.91 Å². The molecule has 0 radical (unpaired) electrons. The van der Waals surface area contributed by atoms with Gasteiger partial charge >= 0.3 is 0 Å². The molecule has 1 aliphatic heterocycles. The summed E-state index contributed by atoms with van der Waals surface area (Å²) in [5.74, 6) is -0.584. The number of hydrogen-bond donors (Lipinski definition) is 1. The highest BCUT2D eigenvalue weighted by molar-refractivity contribution is 7.91. The predicted octanol–water partition coefficient (Wildman–Crippen LogP) is 5.72. The van der Waals surface area contributed by atoms with Crippen LogP contribution in [-0.2, 0) is 14.8 Å². The first-order valence-corrected chi connectivity index (χ1v) is 13.9. The van der Waals surface area contributed by atoms with Gasteiger partial charge in [-0.1, -0.05) is 23.7 Å². The zero-order valence-electron chi connectivity index (χ0n) is 17.4. The fourth-order valence-electron chi connectivity index (χ4n) is 3.87. The summed E-state index contributed by atoms with van der Waals surface area (Å²) in [6.07, 6.45) is 1.28. The standard InChI is InChI=1S/C23H20ClN3O3S3/c24-20-11-12-21(32-20)33(29,30)27-13-3-4-16(14-27)22(28)25-17-9-7-15(8-10-17)23-26-18-5-1-2-6-19(18)31-23/h1-2,5-12,16H,3-4,13-14H2,(H,25,28). The van der Waals surface area contributed by atoms with Crippen molar-refractivity contribution in [1.82, 2.24) is 9.29 Å². The molecule has 33 heavy (non-hydrogen) atoms. The first-order chi connectivity index (χ1) is 15.9. The molecule has 1 N–H and O–H groups in total. The molecule has 1 unspecified atom stereocenters. The van der Waals surface area contributed by atoms with E-state index < -0.39 is 15.9 Å². The van der Waals surface area contributed by atoms with Crippen molar-refractivity contribution in [2.45, 2.75) is 17.1 Å². The molecule has 1 saturated heterocycles. The smallest absolute Gasteiger partial charge is 0.252 e. The molecule has 170 valence electrons. The van der Waals surface area contributed by atoms with Crippen LogP contribution in [-0.4, -0.2) is 36.7 Å². The van der Waals surface area contributed by atoms with Crippen molar-refractivity contribution >= 4 is 66.1 Å². The molecule has 1 amide bonds. The molecule has 10 heteroatoms. The second kappa shape index (κ2) is 9.15. The molecule has 2 aromatic heterocycles. The molecule has 1 fully saturated rings. The summed E-state index contributed by atoms with van der Waals surface area (Å²) in [5, 5.41) is 3.86. The third-order valence-corrected chi connectivity index (χ3v) is 10.2. The zero-order chi connectivity index (χ0) is 23.0. The van der Waals surface area contributed by atoms with Gasteiger partial charge < -0.3 is 5.32 Å². The Hall–Kier alpha value is -2.30. The van der Waals surface area contributed by atoms with Gasteiger partial charge in [-0.15, -0.1) is 22.7 Å². The fraction of sp³-hybridized carbons (Fsp3) is 0.217. The number of amides is 1. The third kappa shape index (κ3) is 4.69. The monoisotopic (exact) mass is 517 g/mol. The van der Waals surface area contributed by atoms with E-state index in [4.69, 9.17) is 11.6 Å². The number of sulfonamides is 1.